The second kappa shape index (κ2) is 6.30. The minimum Gasteiger partial charge on any atom is -0.489 e. The second-order valence-electron chi connectivity index (χ2n) is 5.36. The lowest BCUT2D eigenvalue weighted by Crippen LogP contribution is -2.05. The number of ether oxygens (including phenoxy) is 1. The second-order valence-corrected chi connectivity index (χ2v) is 5.77. The summed E-state index contributed by atoms with van der Waals surface area (Å²) in [6.45, 7) is 3.89. The van der Waals surface area contributed by atoms with Gasteiger partial charge in [-0.3, -0.25) is 0 Å². The van der Waals surface area contributed by atoms with Gasteiger partial charge in [0.15, 0.2) is 0 Å². The maximum atomic E-state index is 6.24. The zero-order valence-corrected chi connectivity index (χ0v) is 13.5. The smallest absolute Gasteiger partial charge is 0.258 e. The quantitative estimate of drug-likeness (QED) is 0.717. The first-order valence-corrected chi connectivity index (χ1v) is 7.57. The van der Waals surface area contributed by atoms with Gasteiger partial charge in [-0.15, -0.1) is 0 Å². The van der Waals surface area contributed by atoms with Crippen LogP contribution < -0.4 is 10.5 Å². The molecule has 0 saturated heterocycles. The van der Waals surface area contributed by atoms with Crippen LogP contribution in [0.25, 0.3) is 22.8 Å². The summed E-state index contributed by atoms with van der Waals surface area (Å²) in [6.07, 6.45) is 0.0543. The Morgan fingerprint density at radius 2 is 1.96 bits per heavy atom. The summed E-state index contributed by atoms with van der Waals surface area (Å²) >= 11 is 6.24. The van der Waals surface area contributed by atoms with Crippen LogP contribution in [0.1, 0.15) is 13.8 Å². The Balaban J connectivity index is 1.90. The highest BCUT2D eigenvalue weighted by Gasteiger charge is 2.13. The molecule has 0 aliphatic heterocycles. The predicted octanol–water partition coefficient (Wildman–Crippen LogP) is 4.43. The lowest BCUT2D eigenvalue weighted by molar-refractivity contribution is 0.242. The Bertz CT molecular complexity index is 830. The number of aromatic nitrogens is 2. The van der Waals surface area contributed by atoms with E-state index in [-0.39, 0.29) is 6.10 Å². The zero-order chi connectivity index (χ0) is 16.4. The Morgan fingerprint density at radius 1 is 1.13 bits per heavy atom. The molecule has 1 heterocycles. The average molecular weight is 330 g/mol. The van der Waals surface area contributed by atoms with Crippen LogP contribution in [0.15, 0.2) is 47.0 Å². The van der Waals surface area contributed by atoms with Gasteiger partial charge in [-0.2, -0.15) is 4.98 Å². The fourth-order valence-corrected chi connectivity index (χ4v) is 2.34. The fourth-order valence-electron chi connectivity index (χ4n) is 2.12. The van der Waals surface area contributed by atoms with E-state index in [0.29, 0.717) is 28.2 Å². The minimum absolute atomic E-state index is 0.0543. The van der Waals surface area contributed by atoms with Gasteiger partial charge in [-0.1, -0.05) is 22.8 Å². The third kappa shape index (κ3) is 3.46. The number of hydrogen-bond donors (Lipinski definition) is 1. The van der Waals surface area contributed by atoms with Crippen molar-refractivity contribution in [1.29, 1.82) is 0 Å². The van der Waals surface area contributed by atoms with E-state index in [2.05, 4.69) is 10.1 Å². The molecule has 0 aliphatic carbocycles. The van der Waals surface area contributed by atoms with Gasteiger partial charge in [0.2, 0.25) is 5.82 Å². The highest BCUT2D eigenvalue weighted by molar-refractivity contribution is 6.32. The SMILES string of the molecule is CC(C)Oc1ccc(-c2noc(-c3cccc(N)c3)n2)cc1Cl. The van der Waals surface area contributed by atoms with Crippen LogP contribution >= 0.6 is 11.6 Å². The van der Waals surface area contributed by atoms with Gasteiger partial charge in [0.25, 0.3) is 5.89 Å². The molecule has 0 amide bonds. The average Bonchev–Trinajstić information content (AvgIpc) is 2.99. The number of benzene rings is 2. The van der Waals surface area contributed by atoms with E-state index < -0.39 is 0 Å². The van der Waals surface area contributed by atoms with Crippen LogP contribution in [0.4, 0.5) is 5.69 Å². The van der Waals surface area contributed by atoms with Crippen molar-refractivity contribution in [2.75, 3.05) is 5.73 Å². The molecule has 118 valence electrons. The third-order valence-electron chi connectivity index (χ3n) is 3.11. The van der Waals surface area contributed by atoms with E-state index in [0.717, 1.165) is 11.1 Å². The molecule has 0 atom stereocenters. The Kier molecular flexibility index (Phi) is 4.21. The molecule has 0 bridgehead atoms. The first-order chi connectivity index (χ1) is 11.0. The number of rotatable bonds is 4. The lowest BCUT2D eigenvalue weighted by atomic mass is 10.2. The van der Waals surface area contributed by atoms with Crippen molar-refractivity contribution in [2.45, 2.75) is 20.0 Å². The van der Waals surface area contributed by atoms with E-state index in [4.69, 9.17) is 26.6 Å². The van der Waals surface area contributed by atoms with Gasteiger partial charge in [0, 0.05) is 16.8 Å². The topological polar surface area (TPSA) is 74.2 Å². The summed E-state index contributed by atoms with van der Waals surface area (Å²) in [7, 11) is 0. The monoisotopic (exact) mass is 329 g/mol. The molecular formula is C17H16ClN3O2. The molecule has 23 heavy (non-hydrogen) atoms. The summed E-state index contributed by atoms with van der Waals surface area (Å²) in [6, 6.07) is 12.7. The highest BCUT2D eigenvalue weighted by Crippen LogP contribution is 2.31. The number of nitrogen functional groups attached to an aromatic ring is 1. The Hall–Kier alpha value is -2.53. The van der Waals surface area contributed by atoms with Crippen molar-refractivity contribution in [3.8, 4) is 28.6 Å². The molecule has 0 saturated carbocycles. The maximum absolute atomic E-state index is 6.24. The van der Waals surface area contributed by atoms with E-state index in [1.54, 1.807) is 24.3 Å². The predicted molar refractivity (Wildman–Crippen MR) is 90.4 cm³/mol. The fraction of sp³-hybridized carbons (Fsp3) is 0.176. The van der Waals surface area contributed by atoms with Crippen molar-refractivity contribution in [3.63, 3.8) is 0 Å². The molecule has 6 heteroatoms. The molecule has 5 nitrogen and oxygen atoms in total. The summed E-state index contributed by atoms with van der Waals surface area (Å²) < 4.78 is 10.9. The lowest BCUT2D eigenvalue weighted by Gasteiger charge is -2.11. The molecule has 0 fully saturated rings. The number of nitrogens with zero attached hydrogens (tertiary/aromatic N) is 2. The number of halogens is 1. The van der Waals surface area contributed by atoms with Crippen LogP contribution in [0.2, 0.25) is 5.02 Å². The third-order valence-corrected chi connectivity index (χ3v) is 3.41. The molecule has 2 aromatic carbocycles. The van der Waals surface area contributed by atoms with Gasteiger partial charge in [-0.25, -0.2) is 0 Å². The molecular weight excluding hydrogens is 314 g/mol. The van der Waals surface area contributed by atoms with Crippen molar-refractivity contribution in [3.05, 3.63) is 47.5 Å². The van der Waals surface area contributed by atoms with Crippen molar-refractivity contribution in [2.24, 2.45) is 0 Å². The van der Waals surface area contributed by atoms with Gasteiger partial charge in [0.1, 0.15) is 5.75 Å². The zero-order valence-electron chi connectivity index (χ0n) is 12.8. The normalized spacial score (nSPS) is 11.0. The van der Waals surface area contributed by atoms with Gasteiger partial charge in [-0.05, 0) is 50.2 Å². The van der Waals surface area contributed by atoms with Crippen LogP contribution in [0, 0.1) is 0 Å². The van der Waals surface area contributed by atoms with Crippen molar-refractivity contribution < 1.29 is 9.26 Å². The van der Waals surface area contributed by atoms with E-state index >= 15 is 0 Å². The van der Waals surface area contributed by atoms with Gasteiger partial charge >= 0.3 is 0 Å². The largest absolute Gasteiger partial charge is 0.489 e. The molecule has 0 spiro atoms. The highest BCUT2D eigenvalue weighted by atomic mass is 35.5. The molecule has 2 N–H and O–H groups in total. The molecule has 3 aromatic rings. The van der Waals surface area contributed by atoms with Crippen LogP contribution in [-0.4, -0.2) is 16.2 Å². The number of anilines is 1. The number of hydrogen-bond acceptors (Lipinski definition) is 5. The standard InChI is InChI=1S/C17H16ClN3O2/c1-10(2)22-15-7-6-11(9-14(15)18)16-20-17(23-21-16)12-4-3-5-13(19)8-12/h3-10H,19H2,1-2H3. The summed E-state index contributed by atoms with van der Waals surface area (Å²) in [5.74, 6) is 1.50. The van der Waals surface area contributed by atoms with Crippen LogP contribution in [-0.2, 0) is 0 Å². The number of nitrogens with two attached hydrogens (primary N) is 1. The molecule has 0 unspecified atom stereocenters. The molecule has 0 radical (unpaired) electrons. The first-order valence-electron chi connectivity index (χ1n) is 7.19. The van der Waals surface area contributed by atoms with Crippen molar-refractivity contribution in [1.82, 2.24) is 10.1 Å². The summed E-state index contributed by atoms with van der Waals surface area (Å²) in [5, 5.41) is 4.50. The molecule has 1 aromatic heterocycles. The molecule has 3 rings (SSSR count). The Labute approximate surface area is 139 Å². The molecule has 0 aliphatic rings. The van der Waals surface area contributed by atoms with Crippen LogP contribution in [0.5, 0.6) is 5.75 Å². The van der Waals surface area contributed by atoms with E-state index in [9.17, 15) is 0 Å². The van der Waals surface area contributed by atoms with E-state index in [1.807, 2.05) is 32.0 Å². The summed E-state index contributed by atoms with van der Waals surface area (Å²) in [5.41, 5.74) is 7.94. The summed E-state index contributed by atoms with van der Waals surface area (Å²) in [4.78, 5) is 4.39. The van der Waals surface area contributed by atoms with Crippen molar-refractivity contribution >= 4 is 17.3 Å². The minimum atomic E-state index is 0.0543. The van der Waals surface area contributed by atoms with E-state index in [1.165, 1.54) is 0 Å². The Morgan fingerprint density at radius 3 is 2.65 bits per heavy atom. The van der Waals surface area contributed by atoms with Gasteiger partial charge in [0.05, 0.1) is 11.1 Å². The maximum Gasteiger partial charge on any atom is 0.258 e. The van der Waals surface area contributed by atoms with Gasteiger partial charge < -0.3 is 15.0 Å². The first kappa shape index (κ1) is 15.4. The van der Waals surface area contributed by atoms with Crippen LogP contribution in [0.3, 0.4) is 0 Å².